The van der Waals surface area contributed by atoms with Gasteiger partial charge in [0.15, 0.2) is 0 Å². The third kappa shape index (κ3) is 3.63. The molecule has 1 aromatic carbocycles. The van der Waals surface area contributed by atoms with Crippen molar-refractivity contribution in [3.63, 3.8) is 0 Å². The molecule has 2 aliphatic carbocycles. The van der Waals surface area contributed by atoms with E-state index < -0.39 is 0 Å². The lowest BCUT2D eigenvalue weighted by atomic mass is 9.64. The average molecular weight is 330 g/mol. The molecule has 0 aromatic heterocycles. The molecule has 2 aliphatic rings. The molecule has 2 heteroatoms. The Hall–Kier alpha value is -1.44. The monoisotopic (exact) mass is 330 g/mol. The first-order valence-electron chi connectivity index (χ1n) is 9.33. The molecule has 0 N–H and O–H groups in total. The summed E-state index contributed by atoms with van der Waals surface area (Å²) in [6, 6.07) is 3.17. The van der Waals surface area contributed by atoms with Crippen LogP contribution in [-0.2, 0) is 6.42 Å². The number of hydrogen-bond acceptors (Lipinski definition) is 0. The lowest BCUT2D eigenvalue weighted by molar-refractivity contribution is 0.133. The van der Waals surface area contributed by atoms with Crippen LogP contribution in [-0.4, -0.2) is 0 Å². The molecule has 2 saturated carbocycles. The SMILES string of the molecule is C=CCCc1c(F)cc(C2CCC3CC(C=C)CCC3C2)cc1F. The molecular weight excluding hydrogens is 302 g/mol. The molecule has 0 saturated heterocycles. The maximum atomic E-state index is 14.3. The number of allylic oxidation sites excluding steroid dienone is 2. The van der Waals surface area contributed by atoms with Crippen molar-refractivity contribution < 1.29 is 8.78 Å². The first kappa shape index (κ1) is 17.4. The third-order valence-corrected chi connectivity index (χ3v) is 6.22. The molecule has 2 fully saturated rings. The van der Waals surface area contributed by atoms with E-state index in [1.165, 1.54) is 25.7 Å². The van der Waals surface area contributed by atoms with Gasteiger partial charge in [-0.2, -0.15) is 0 Å². The van der Waals surface area contributed by atoms with Gasteiger partial charge in [0.2, 0.25) is 0 Å². The van der Waals surface area contributed by atoms with Crippen LogP contribution in [0.25, 0.3) is 0 Å². The molecule has 130 valence electrons. The Morgan fingerprint density at radius 2 is 1.62 bits per heavy atom. The topological polar surface area (TPSA) is 0 Å². The van der Waals surface area contributed by atoms with Crippen LogP contribution in [0.1, 0.15) is 62.0 Å². The minimum absolute atomic E-state index is 0.207. The molecule has 0 aliphatic heterocycles. The Balaban J connectivity index is 1.71. The quantitative estimate of drug-likeness (QED) is 0.536. The molecule has 24 heavy (non-hydrogen) atoms. The van der Waals surface area contributed by atoms with Gasteiger partial charge in [-0.15, -0.1) is 13.2 Å². The average Bonchev–Trinajstić information content (AvgIpc) is 2.60. The van der Waals surface area contributed by atoms with Gasteiger partial charge in [0, 0.05) is 5.56 Å². The fraction of sp³-hybridized carbons (Fsp3) is 0.545. The summed E-state index contributed by atoms with van der Waals surface area (Å²) in [7, 11) is 0. The van der Waals surface area contributed by atoms with Gasteiger partial charge in [-0.25, -0.2) is 8.78 Å². The smallest absolute Gasteiger partial charge is 0.129 e. The van der Waals surface area contributed by atoms with E-state index in [0.717, 1.165) is 24.3 Å². The van der Waals surface area contributed by atoms with E-state index in [0.29, 0.717) is 30.6 Å². The summed E-state index contributed by atoms with van der Waals surface area (Å²) in [6.07, 6.45) is 11.8. The summed E-state index contributed by atoms with van der Waals surface area (Å²) in [4.78, 5) is 0. The van der Waals surface area contributed by atoms with Crippen molar-refractivity contribution in [2.75, 3.05) is 0 Å². The zero-order valence-corrected chi connectivity index (χ0v) is 14.4. The highest BCUT2D eigenvalue weighted by Crippen LogP contribution is 2.48. The van der Waals surface area contributed by atoms with Crippen LogP contribution in [0.4, 0.5) is 8.78 Å². The zero-order chi connectivity index (χ0) is 17.1. The van der Waals surface area contributed by atoms with E-state index in [-0.39, 0.29) is 17.2 Å². The van der Waals surface area contributed by atoms with Crippen molar-refractivity contribution in [2.45, 2.75) is 57.3 Å². The minimum Gasteiger partial charge on any atom is -0.207 e. The maximum absolute atomic E-state index is 14.3. The fourth-order valence-electron chi connectivity index (χ4n) is 4.79. The summed E-state index contributed by atoms with van der Waals surface area (Å²) in [5, 5.41) is 0. The Kier molecular flexibility index (Phi) is 5.53. The molecule has 0 nitrogen and oxygen atoms in total. The summed E-state index contributed by atoms with van der Waals surface area (Å²) in [6.45, 7) is 7.57. The van der Waals surface area contributed by atoms with Crippen molar-refractivity contribution in [2.24, 2.45) is 17.8 Å². The van der Waals surface area contributed by atoms with Gasteiger partial charge >= 0.3 is 0 Å². The Bertz CT molecular complexity index is 581. The van der Waals surface area contributed by atoms with Gasteiger partial charge in [0.05, 0.1) is 0 Å². The van der Waals surface area contributed by atoms with E-state index in [2.05, 4.69) is 19.2 Å². The van der Waals surface area contributed by atoms with Crippen LogP contribution in [0, 0.1) is 29.4 Å². The molecule has 3 rings (SSSR count). The van der Waals surface area contributed by atoms with Crippen LogP contribution in [0.2, 0.25) is 0 Å². The van der Waals surface area contributed by atoms with Crippen LogP contribution in [0.5, 0.6) is 0 Å². The number of benzene rings is 1. The Morgan fingerprint density at radius 1 is 0.958 bits per heavy atom. The lowest BCUT2D eigenvalue weighted by Crippen LogP contribution is -2.30. The number of halogens is 2. The van der Waals surface area contributed by atoms with E-state index in [9.17, 15) is 8.78 Å². The van der Waals surface area contributed by atoms with Crippen molar-refractivity contribution in [3.8, 4) is 0 Å². The lowest BCUT2D eigenvalue weighted by Gasteiger charge is -2.41. The van der Waals surface area contributed by atoms with E-state index in [1.807, 2.05) is 0 Å². The predicted octanol–water partition coefficient (Wildman–Crippen LogP) is 6.57. The highest BCUT2D eigenvalue weighted by molar-refractivity contribution is 5.29. The van der Waals surface area contributed by atoms with Crippen molar-refractivity contribution >= 4 is 0 Å². The van der Waals surface area contributed by atoms with Gasteiger partial charge < -0.3 is 0 Å². The predicted molar refractivity (Wildman–Crippen MR) is 96.0 cm³/mol. The zero-order valence-electron chi connectivity index (χ0n) is 14.4. The molecule has 0 radical (unpaired) electrons. The highest BCUT2D eigenvalue weighted by Gasteiger charge is 2.35. The van der Waals surface area contributed by atoms with E-state index in [1.54, 1.807) is 18.2 Å². The maximum Gasteiger partial charge on any atom is 0.129 e. The van der Waals surface area contributed by atoms with Gasteiger partial charge in [-0.3, -0.25) is 0 Å². The molecule has 1 aromatic rings. The summed E-state index contributed by atoms with van der Waals surface area (Å²) >= 11 is 0. The summed E-state index contributed by atoms with van der Waals surface area (Å²) < 4.78 is 28.7. The first-order chi connectivity index (χ1) is 11.6. The minimum atomic E-state index is -0.385. The summed E-state index contributed by atoms with van der Waals surface area (Å²) in [5.74, 6) is 1.70. The molecule has 4 unspecified atom stereocenters. The van der Waals surface area contributed by atoms with Crippen LogP contribution in [0.3, 0.4) is 0 Å². The number of rotatable bonds is 5. The van der Waals surface area contributed by atoms with E-state index >= 15 is 0 Å². The molecule has 4 atom stereocenters. The second-order valence-corrected chi connectivity index (χ2v) is 7.63. The number of hydrogen-bond donors (Lipinski definition) is 0. The Labute approximate surface area is 144 Å². The molecule has 0 bridgehead atoms. The first-order valence-corrected chi connectivity index (χ1v) is 9.33. The van der Waals surface area contributed by atoms with Gasteiger partial charge in [0.25, 0.3) is 0 Å². The molecule has 0 amide bonds. The molecular formula is C22H28F2. The van der Waals surface area contributed by atoms with Crippen molar-refractivity contribution in [3.05, 3.63) is 60.2 Å². The van der Waals surface area contributed by atoms with Crippen LogP contribution in [0.15, 0.2) is 37.4 Å². The molecule has 0 heterocycles. The van der Waals surface area contributed by atoms with Crippen LogP contribution >= 0.6 is 0 Å². The second kappa shape index (κ2) is 7.63. The van der Waals surface area contributed by atoms with Crippen molar-refractivity contribution in [1.29, 1.82) is 0 Å². The standard InChI is InChI=1S/C22H28F2/c1-3-5-6-20-21(23)13-19(14-22(20)24)18-10-9-16-11-15(4-2)7-8-17(16)12-18/h3-4,13-18H,1-2,5-12H2. The fourth-order valence-corrected chi connectivity index (χ4v) is 4.79. The van der Waals surface area contributed by atoms with E-state index in [4.69, 9.17) is 0 Å². The van der Waals surface area contributed by atoms with Crippen LogP contribution < -0.4 is 0 Å². The molecule has 0 spiro atoms. The normalized spacial score (nSPS) is 29.8. The highest BCUT2D eigenvalue weighted by atomic mass is 19.1. The third-order valence-electron chi connectivity index (χ3n) is 6.22. The second-order valence-electron chi connectivity index (χ2n) is 7.63. The Morgan fingerprint density at radius 3 is 2.29 bits per heavy atom. The van der Waals surface area contributed by atoms with Gasteiger partial charge in [-0.1, -0.05) is 12.2 Å². The number of fused-ring (bicyclic) bond motifs is 1. The van der Waals surface area contributed by atoms with Gasteiger partial charge in [0.1, 0.15) is 11.6 Å². The van der Waals surface area contributed by atoms with Gasteiger partial charge in [-0.05, 0) is 92.7 Å². The largest absolute Gasteiger partial charge is 0.207 e. The van der Waals surface area contributed by atoms with Crippen molar-refractivity contribution in [1.82, 2.24) is 0 Å². The summed E-state index contributed by atoms with van der Waals surface area (Å²) in [5.41, 5.74) is 1.07.